The van der Waals surface area contributed by atoms with Crippen molar-refractivity contribution in [3.8, 4) is 0 Å². The van der Waals surface area contributed by atoms with Crippen molar-refractivity contribution in [1.29, 1.82) is 0 Å². The number of hydrogen-bond acceptors (Lipinski definition) is 2. The summed E-state index contributed by atoms with van der Waals surface area (Å²) in [5.41, 5.74) is 0. The Morgan fingerprint density at radius 2 is 1.82 bits per heavy atom. The van der Waals surface area contributed by atoms with Gasteiger partial charge in [-0.3, -0.25) is 4.52 Å². The molecule has 1 unspecified atom stereocenters. The Hall–Kier alpha value is 0.110. The summed E-state index contributed by atoms with van der Waals surface area (Å²) in [4.78, 5) is 9.08. The molecular formula is C6H16NO3P. The van der Waals surface area contributed by atoms with E-state index in [1.807, 2.05) is 0 Å². The van der Waals surface area contributed by atoms with E-state index in [-0.39, 0.29) is 12.1 Å². The normalized spacial score (nSPS) is 17.4. The molecule has 5 heteroatoms. The fraction of sp³-hybridized carbons (Fsp3) is 1.00. The van der Waals surface area contributed by atoms with Crippen molar-refractivity contribution < 1.29 is 14.0 Å². The molecule has 0 aliphatic carbocycles. The van der Waals surface area contributed by atoms with Gasteiger partial charge in [-0.15, -0.1) is 0 Å². The first-order valence-corrected chi connectivity index (χ1v) is 5.20. The molecule has 2 N–H and O–H groups in total. The highest BCUT2D eigenvalue weighted by Crippen LogP contribution is 2.38. The van der Waals surface area contributed by atoms with Gasteiger partial charge in [-0.1, -0.05) is 0 Å². The standard InChI is InChI=1S/C6H16NO3P/c1-5(2)7-11(8,9)10-6(3)4/h5-6H,1-4H3,(H2,7,8,9). The van der Waals surface area contributed by atoms with Crippen LogP contribution in [0.15, 0.2) is 0 Å². The quantitative estimate of drug-likeness (QED) is 0.645. The molecule has 0 radical (unpaired) electrons. The smallest absolute Gasteiger partial charge is 0.312 e. The highest BCUT2D eigenvalue weighted by Gasteiger charge is 2.21. The van der Waals surface area contributed by atoms with Gasteiger partial charge in [0.25, 0.3) is 0 Å². The monoisotopic (exact) mass is 181 g/mol. The molecule has 4 nitrogen and oxygen atoms in total. The maximum atomic E-state index is 11.1. The molecule has 0 bridgehead atoms. The molecule has 68 valence electrons. The zero-order chi connectivity index (χ0) is 9.07. The van der Waals surface area contributed by atoms with E-state index >= 15 is 0 Å². The molecule has 0 aromatic rings. The van der Waals surface area contributed by atoms with Gasteiger partial charge in [0, 0.05) is 6.04 Å². The molecule has 0 aromatic carbocycles. The predicted molar refractivity (Wildman–Crippen MR) is 44.3 cm³/mol. The summed E-state index contributed by atoms with van der Waals surface area (Å²) in [7, 11) is -3.55. The van der Waals surface area contributed by atoms with Crippen LogP contribution in [-0.4, -0.2) is 17.0 Å². The Kier molecular flexibility index (Phi) is 4.26. The molecular weight excluding hydrogens is 165 g/mol. The summed E-state index contributed by atoms with van der Waals surface area (Å²) in [6.07, 6.45) is -0.239. The average molecular weight is 181 g/mol. The van der Waals surface area contributed by atoms with Gasteiger partial charge in [-0.2, -0.15) is 0 Å². The van der Waals surface area contributed by atoms with Gasteiger partial charge >= 0.3 is 7.75 Å². The van der Waals surface area contributed by atoms with Gasteiger partial charge in [-0.05, 0) is 27.7 Å². The summed E-state index contributed by atoms with van der Waals surface area (Å²) in [5.74, 6) is 0. The van der Waals surface area contributed by atoms with Gasteiger partial charge in [0.2, 0.25) is 0 Å². The minimum Gasteiger partial charge on any atom is -0.312 e. The van der Waals surface area contributed by atoms with Crippen LogP contribution < -0.4 is 5.09 Å². The fourth-order valence-corrected chi connectivity index (χ4v) is 1.93. The topological polar surface area (TPSA) is 58.6 Å². The van der Waals surface area contributed by atoms with Crippen LogP contribution in [0.25, 0.3) is 0 Å². The van der Waals surface area contributed by atoms with Crippen molar-refractivity contribution in [2.45, 2.75) is 39.8 Å². The lowest BCUT2D eigenvalue weighted by atomic mass is 10.4. The Morgan fingerprint density at radius 1 is 1.36 bits per heavy atom. The van der Waals surface area contributed by atoms with Gasteiger partial charge in [-0.25, -0.2) is 9.65 Å². The third-order valence-corrected chi connectivity index (χ3v) is 2.33. The summed E-state index contributed by atoms with van der Waals surface area (Å²) < 4.78 is 15.8. The van der Waals surface area contributed by atoms with Crippen molar-refractivity contribution in [3.63, 3.8) is 0 Å². The first-order valence-electron chi connectivity index (χ1n) is 3.62. The molecule has 0 heterocycles. The van der Waals surface area contributed by atoms with Crippen molar-refractivity contribution in [2.24, 2.45) is 0 Å². The Bertz CT molecular complexity index is 144. The van der Waals surface area contributed by atoms with Gasteiger partial charge < -0.3 is 4.89 Å². The lowest BCUT2D eigenvalue weighted by Gasteiger charge is -2.17. The second kappa shape index (κ2) is 4.21. The van der Waals surface area contributed by atoms with E-state index in [9.17, 15) is 4.57 Å². The Labute approximate surface area is 67.5 Å². The van der Waals surface area contributed by atoms with Gasteiger partial charge in [0.15, 0.2) is 0 Å². The third kappa shape index (κ3) is 6.51. The summed E-state index contributed by atoms with van der Waals surface area (Å²) in [5, 5.41) is 2.44. The van der Waals surface area contributed by atoms with Crippen LogP contribution in [-0.2, 0) is 9.09 Å². The SMILES string of the molecule is CC(C)NP(=O)(O)OC(C)C. The van der Waals surface area contributed by atoms with Crippen molar-refractivity contribution in [1.82, 2.24) is 5.09 Å². The summed E-state index contributed by atoms with van der Waals surface area (Å²) in [6, 6.07) is -0.0513. The highest BCUT2D eigenvalue weighted by atomic mass is 31.2. The lowest BCUT2D eigenvalue weighted by Crippen LogP contribution is -2.21. The van der Waals surface area contributed by atoms with Crippen LogP contribution in [0.1, 0.15) is 27.7 Å². The third-order valence-electron chi connectivity index (χ3n) is 0.775. The van der Waals surface area contributed by atoms with E-state index < -0.39 is 7.75 Å². The molecule has 11 heavy (non-hydrogen) atoms. The molecule has 0 fully saturated rings. The molecule has 0 amide bonds. The van der Waals surface area contributed by atoms with E-state index in [1.54, 1.807) is 27.7 Å². The summed E-state index contributed by atoms with van der Waals surface area (Å²) >= 11 is 0. The molecule has 0 aliphatic rings. The molecule has 0 saturated carbocycles. The molecule has 0 aromatic heterocycles. The Morgan fingerprint density at radius 3 is 2.09 bits per heavy atom. The Balaban J connectivity index is 3.91. The van der Waals surface area contributed by atoms with Crippen LogP contribution in [0.5, 0.6) is 0 Å². The average Bonchev–Trinajstić information content (AvgIpc) is 1.53. The lowest BCUT2D eigenvalue weighted by molar-refractivity contribution is 0.195. The largest absolute Gasteiger partial charge is 0.403 e. The molecule has 1 atom stereocenters. The number of hydrogen-bond donors (Lipinski definition) is 2. The van der Waals surface area contributed by atoms with Crippen molar-refractivity contribution in [3.05, 3.63) is 0 Å². The molecule has 0 spiro atoms. The van der Waals surface area contributed by atoms with Gasteiger partial charge in [0.1, 0.15) is 0 Å². The second-order valence-corrected chi connectivity index (χ2v) is 4.47. The fourth-order valence-electron chi connectivity index (χ4n) is 0.642. The predicted octanol–water partition coefficient (Wildman–Crippen LogP) is 1.51. The number of rotatable bonds is 4. The molecule has 0 aliphatic heterocycles. The van der Waals surface area contributed by atoms with Crippen molar-refractivity contribution >= 4 is 7.75 Å². The second-order valence-electron chi connectivity index (χ2n) is 2.96. The number of nitrogens with one attached hydrogen (secondary N) is 1. The van der Waals surface area contributed by atoms with E-state index in [1.165, 1.54) is 0 Å². The zero-order valence-corrected chi connectivity index (χ0v) is 8.26. The summed E-state index contributed by atoms with van der Waals surface area (Å²) in [6.45, 7) is 6.99. The van der Waals surface area contributed by atoms with Crippen LogP contribution in [0, 0.1) is 0 Å². The van der Waals surface area contributed by atoms with Crippen LogP contribution >= 0.6 is 7.75 Å². The first-order chi connectivity index (χ1) is 4.83. The van der Waals surface area contributed by atoms with Gasteiger partial charge in [0.05, 0.1) is 6.10 Å². The maximum Gasteiger partial charge on any atom is 0.403 e. The van der Waals surface area contributed by atoms with Crippen LogP contribution in [0.3, 0.4) is 0 Å². The van der Waals surface area contributed by atoms with Crippen molar-refractivity contribution in [2.75, 3.05) is 0 Å². The maximum absolute atomic E-state index is 11.1. The minimum atomic E-state index is -3.55. The first kappa shape index (κ1) is 11.1. The highest BCUT2D eigenvalue weighted by molar-refractivity contribution is 7.50. The van der Waals surface area contributed by atoms with E-state index in [2.05, 4.69) is 5.09 Å². The van der Waals surface area contributed by atoms with Crippen LogP contribution in [0.2, 0.25) is 0 Å². The molecule has 0 saturated heterocycles. The van der Waals surface area contributed by atoms with E-state index in [0.29, 0.717) is 0 Å². The van der Waals surface area contributed by atoms with E-state index in [0.717, 1.165) is 0 Å². The minimum absolute atomic E-state index is 0.0513. The van der Waals surface area contributed by atoms with E-state index in [4.69, 9.17) is 9.42 Å². The van der Waals surface area contributed by atoms with Crippen LogP contribution in [0.4, 0.5) is 0 Å². The zero-order valence-electron chi connectivity index (χ0n) is 7.37. The molecule has 0 rings (SSSR count).